The summed E-state index contributed by atoms with van der Waals surface area (Å²) in [7, 11) is -3.44. The number of nitrogens with zero attached hydrogens (tertiary/aromatic N) is 4. The van der Waals surface area contributed by atoms with Crippen molar-refractivity contribution in [2.75, 3.05) is 31.2 Å². The smallest absolute Gasteiger partial charge is 0.335 e. The zero-order valence-electron chi connectivity index (χ0n) is 21.8. The number of fused-ring (bicyclic) bond motifs is 1. The van der Waals surface area contributed by atoms with E-state index in [-0.39, 0.29) is 75.5 Å². The topological polar surface area (TPSA) is 131 Å². The molecule has 0 radical (unpaired) electrons. The predicted molar refractivity (Wildman–Crippen MR) is 133 cm³/mol. The molecular formula is C24H28F6N6O4S. The average Bonchev–Trinajstić information content (AvgIpc) is 3.25. The third-order valence-electron chi connectivity index (χ3n) is 7.16. The van der Waals surface area contributed by atoms with Crippen molar-refractivity contribution < 1.29 is 44.3 Å². The Morgan fingerprint density at radius 3 is 2.32 bits per heavy atom. The van der Waals surface area contributed by atoms with Gasteiger partial charge in [0.2, 0.25) is 27.7 Å². The highest BCUT2D eigenvalue weighted by atomic mass is 32.2. The van der Waals surface area contributed by atoms with E-state index in [0.29, 0.717) is 12.1 Å². The van der Waals surface area contributed by atoms with Crippen LogP contribution in [-0.4, -0.2) is 70.9 Å². The van der Waals surface area contributed by atoms with Gasteiger partial charge in [-0.25, -0.2) is 30.9 Å². The summed E-state index contributed by atoms with van der Waals surface area (Å²) in [5, 5.41) is 2.43. The van der Waals surface area contributed by atoms with E-state index in [0.717, 1.165) is 10.8 Å². The van der Waals surface area contributed by atoms with Gasteiger partial charge in [0, 0.05) is 50.6 Å². The van der Waals surface area contributed by atoms with Crippen LogP contribution >= 0.6 is 0 Å². The van der Waals surface area contributed by atoms with Gasteiger partial charge in [0.25, 0.3) is 0 Å². The van der Waals surface area contributed by atoms with E-state index in [9.17, 15) is 44.3 Å². The van der Waals surface area contributed by atoms with E-state index in [1.807, 2.05) is 0 Å². The molecule has 0 aliphatic carbocycles. The van der Waals surface area contributed by atoms with Gasteiger partial charge in [-0.2, -0.15) is 13.2 Å². The number of piperidine rings is 1. The van der Waals surface area contributed by atoms with Crippen LogP contribution in [-0.2, 0) is 45.3 Å². The third kappa shape index (κ3) is 7.01. The van der Waals surface area contributed by atoms with Crippen LogP contribution < -0.4 is 11.1 Å². The van der Waals surface area contributed by atoms with Crippen molar-refractivity contribution in [1.29, 1.82) is 0 Å². The minimum atomic E-state index is -4.85. The van der Waals surface area contributed by atoms with Crippen molar-refractivity contribution in [1.82, 2.24) is 18.8 Å². The Morgan fingerprint density at radius 2 is 1.71 bits per heavy atom. The molecular weight excluding hydrogens is 582 g/mol. The zero-order valence-corrected chi connectivity index (χ0v) is 22.7. The molecule has 1 saturated heterocycles. The number of nitrogens with one attached hydrogen (secondary N) is 1. The molecule has 3 heterocycles. The number of sulfonamides is 1. The SMILES string of the molecule is CS(=O)(=O)N1CCC(C(=O)Nc2nc(C(F)(F)F)n3c2CN(C(=O)C[C@H](N)Cc2cc(F)c(F)cc2F)CC3)CC1. The number of hydrogen-bond acceptors (Lipinski definition) is 6. The molecule has 17 heteroatoms. The van der Waals surface area contributed by atoms with Gasteiger partial charge in [-0.3, -0.25) is 9.59 Å². The molecule has 3 N–H and O–H groups in total. The molecule has 1 fully saturated rings. The minimum absolute atomic E-state index is 0.0564. The summed E-state index contributed by atoms with van der Waals surface area (Å²) in [5.74, 6) is -7.14. The predicted octanol–water partition coefficient (Wildman–Crippen LogP) is 2.23. The fraction of sp³-hybridized carbons (Fsp3) is 0.542. The quantitative estimate of drug-likeness (QED) is 0.366. The number of anilines is 1. The lowest BCUT2D eigenvalue weighted by Crippen LogP contribution is -2.42. The van der Waals surface area contributed by atoms with E-state index < -0.39 is 63.2 Å². The van der Waals surface area contributed by atoms with E-state index >= 15 is 0 Å². The third-order valence-corrected chi connectivity index (χ3v) is 8.46. The molecule has 10 nitrogen and oxygen atoms in total. The Kier molecular flexibility index (Phi) is 8.71. The number of amides is 2. The Hall–Kier alpha value is -3.18. The van der Waals surface area contributed by atoms with Gasteiger partial charge in [-0.05, 0) is 30.9 Å². The van der Waals surface area contributed by atoms with E-state index in [4.69, 9.17) is 5.73 Å². The van der Waals surface area contributed by atoms with Crippen LogP contribution in [0.1, 0.15) is 36.3 Å². The van der Waals surface area contributed by atoms with Crippen LogP contribution in [0.5, 0.6) is 0 Å². The summed E-state index contributed by atoms with van der Waals surface area (Å²) in [5.41, 5.74) is 5.66. The summed E-state index contributed by atoms with van der Waals surface area (Å²) in [6.07, 6.45) is -4.12. The Balaban J connectivity index is 1.46. The van der Waals surface area contributed by atoms with Crippen LogP contribution in [0.25, 0.3) is 0 Å². The Bertz CT molecular complexity index is 1440. The largest absolute Gasteiger partial charge is 0.449 e. The Morgan fingerprint density at radius 1 is 1.07 bits per heavy atom. The number of halogens is 6. The molecule has 41 heavy (non-hydrogen) atoms. The van der Waals surface area contributed by atoms with Crippen LogP contribution in [0.3, 0.4) is 0 Å². The molecule has 2 aromatic rings. The number of aromatic nitrogens is 2. The fourth-order valence-corrected chi connectivity index (χ4v) is 5.87. The molecule has 226 valence electrons. The standard InChI is InChI=1S/C24H28F6N6O4S/c1-41(39,40)35-4-2-13(3-5-35)22(38)32-21-19-12-34(6-7-36(19)23(33-21)24(28,29)30)20(37)10-15(31)8-14-9-17(26)18(27)11-16(14)25/h9,11,13,15H,2-8,10,12,31H2,1H3,(H,32,38)/t15-/m1/s1. The summed E-state index contributed by atoms with van der Waals surface area (Å²) in [6.45, 7) is -0.574. The van der Waals surface area contributed by atoms with Crippen LogP contribution in [0.2, 0.25) is 0 Å². The molecule has 2 aliphatic heterocycles. The second kappa shape index (κ2) is 11.6. The lowest BCUT2D eigenvalue weighted by molar-refractivity contribution is -0.148. The number of benzene rings is 1. The van der Waals surface area contributed by atoms with E-state index in [1.54, 1.807) is 0 Å². The first-order valence-electron chi connectivity index (χ1n) is 12.6. The van der Waals surface area contributed by atoms with Gasteiger partial charge >= 0.3 is 6.18 Å². The molecule has 4 rings (SSSR count). The van der Waals surface area contributed by atoms with Crippen molar-refractivity contribution in [3.05, 3.63) is 46.7 Å². The zero-order chi connectivity index (χ0) is 30.3. The van der Waals surface area contributed by atoms with E-state index in [1.165, 1.54) is 9.21 Å². The van der Waals surface area contributed by atoms with Gasteiger partial charge in [0.1, 0.15) is 5.82 Å². The van der Waals surface area contributed by atoms with Crippen molar-refractivity contribution in [3.8, 4) is 0 Å². The first-order chi connectivity index (χ1) is 19.0. The molecule has 0 bridgehead atoms. The number of alkyl halides is 3. The van der Waals surface area contributed by atoms with E-state index in [2.05, 4.69) is 10.3 Å². The lowest BCUT2D eigenvalue weighted by Gasteiger charge is -2.31. The number of imidazole rings is 1. The number of carbonyl (C=O) groups is 2. The van der Waals surface area contributed by atoms with Gasteiger partial charge < -0.3 is 20.5 Å². The first kappa shape index (κ1) is 30.8. The highest BCUT2D eigenvalue weighted by Gasteiger charge is 2.41. The molecule has 1 aromatic heterocycles. The van der Waals surface area contributed by atoms with Crippen molar-refractivity contribution >= 4 is 27.7 Å². The van der Waals surface area contributed by atoms with Gasteiger partial charge in [0.15, 0.2) is 17.5 Å². The van der Waals surface area contributed by atoms with Crippen LogP contribution in [0.4, 0.5) is 32.2 Å². The fourth-order valence-electron chi connectivity index (χ4n) is 4.99. The maximum atomic E-state index is 14.0. The Labute approximate surface area is 231 Å². The maximum absolute atomic E-state index is 14.0. The molecule has 1 aromatic carbocycles. The molecule has 2 amide bonds. The normalized spacial score (nSPS) is 17.8. The average molecular weight is 611 g/mol. The highest BCUT2D eigenvalue weighted by Crippen LogP contribution is 2.35. The molecule has 0 saturated carbocycles. The number of hydrogen-bond donors (Lipinski definition) is 2. The monoisotopic (exact) mass is 610 g/mol. The summed E-state index contributed by atoms with van der Waals surface area (Å²) in [6, 6.07) is 0.0117. The molecule has 0 unspecified atom stereocenters. The van der Waals surface area contributed by atoms with Gasteiger partial charge in [-0.1, -0.05) is 0 Å². The number of nitrogens with two attached hydrogens (primary N) is 1. The lowest BCUT2D eigenvalue weighted by atomic mass is 9.97. The minimum Gasteiger partial charge on any atom is -0.335 e. The van der Waals surface area contributed by atoms with Crippen molar-refractivity contribution in [2.45, 2.75) is 51.0 Å². The van der Waals surface area contributed by atoms with Crippen LogP contribution in [0.15, 0.2) is 12.1 Å². The summed E-state index contributed by atoms with van der Waals surface area (Å²) < 4.78 is 107. The number of rotatable bonds is 7. The molecule has 2 aliphatic rings. The van der Waals surface area contributed by atoms with Gasteiger partial charge in [-0.15, -0.1) is 0 Å². The highest BCUT2D eigenvalue weighted by molar-refractivity contribution is 7.88. The van der Waals surface area contributed by atoms with Gasteiger partial charge in [0.05, 0.1) is 18.5 Å². The molecule has 0 spiro atoms. The second-order valence-electron chi connectivity index (χ2n) is 10.1. The first-order valence-corrected chi connectivity index (χ1v) is 14.5. The maximum Gasteiger partial charge on any atom is 0.449 e. The van der Waals surface area contributed by atoms with Crippen molar-refractivity contribution in [2.24, 2.45) is 11.7 Å². The van der Waals surface area contributed by atoms with Crippen LogP contribution in [0, 0.1) is 23.4 Å². The molecule has 1 atom stereocenters. The second-order valence-corrected chi connectivity index (χ2v) is 12.1. The summed E-state index contributed by atoms with van der Waals surface area (Å²) in [4.78, 5) is 30.7. The number of carbonyl (C=O) groups excluding carboxylic acids is 2. The van der Waals surface area contributed by atoms with Crippen molar-refractivity contribution in [3.63, 3.8) is 0 Å². The summed E-state index contributed by atoms with van der Waals surface area (Å²) >= 11 is 0.